The minimum absolute atomic E-state index is 0.0478. The molecule has 1 atom stereocenters. The summed E-state index contributed by atoms with van der Waals surface area (Å²) in [6.45, 7) is 13.0. The first-order valence-corrected chi connectivity index (χ1v) is 8.39. The van der Waals surface area contributed by atoms with Crippen molar-refractivity contribution in [3.05, 3.63) is 12.2 Å². The Labute approximate surface area is 94.8 Å². The smallest absolute Gasteiger partial charge is 0.192 e. The largest absolute Gasteiger partial charge is 0.410 e. The van der Waals surface area contributed by atoms with Gasteiger partial charge in [0.25, 0.3) is 0 Å². The summed E-state index contributed by atoms with van der Waals surface area (Å²) in [6.07, 6.45) is 5.25. The number of carbonyl (C=O) groups excluding carboxylic acids is 1. The van der Waals surface area contributed by atoms with Gasteiger partial charge in [-0.05, 0) is 25.1 Å². The van der Waals surface area contributed by atoms with Gasteiger partial charge < -0.3 is 9.22 Å². The number of carbonyl (C=O) groups is 1. The van der Waals surface area contributed by atoms with E-state index in [1.54, 1.807) is 0 Å². The van der Waals surface area contributed by atoms with Crippen LogP contribution < -0.4 is 0 Å². The molecule has 0 aliphatic carbocycles. The minimum atomic E-state index is -1.75. The van der Waals surface area contributed by atoms with E-state index in [4.69, 9.17) is 4.43 Å². The molecule has 0 unspecified atom stereocenters. The molecule has 15 heavy (non-hydrogen) atoms. The molecule has 0 N–H and O–H groups in total. The van der Waals surface area contributed by atoms with Crippen LogP contribution in [-0.2, 0) is 9.22 Å². The summed E-state index contributed by atoms with van der Waals surface area (Å²) in [5.74, 6) is 0. The van der Waals surface area contributed by atoms with E-state index in [1.165, 1.54) is 0 Å². The van der Waals surface area contributed by atoms with Crippen molar-refractivity contribution in [1.82, 2.24) is 0 Å². The van der Waals surface area contributed by atoms with Gasteiger partial charge in [0, 0.05) is 6.42 Å². The summed E-state index contributed by atoms with van der Waals surface area (Å²) in [5, 5.41) is 0.190. The minimum Gasteiger partial charge on any atom is -0.410 e. The fourth-order valence-corrected chi connectivity index (χ4v) is 2.32. The van der Waals surface area contributed by atoms with Gasteiger partial charge in [-0.15, -0.1) is 0 Å². The van der Waals surface area contributed by atoms with Crippen LogP contribution in [0.5, 0.6) is 0 Å². The lowest BCUT2D eigenvalue weighted by molar-refractivity contribution is -0.108. The number of aldehydes is 1. The zero-order valence-electron chi connectivity index (χ0n) is 10.8. The Bertz CT molecular complexity index is 226. The Morgan fingerprint density at radius 1 is 1.33 bits per heavy atom. The maximum atomic E-state index is 10.5. The van der Waals surface area contributed by atoms with Crippen LogP contribution in [0.1, 0.15) is 34.1 Å². The molecule has 0 spiro atoms. The molecule has 0 saturated heterocycles. The van der Waals surface area contributed by atoms with Crippen molar-refractivity contribution in [1.29, 1.82) is 0 Å². The van der Waals surface area contributed by atoms with E-state index in [1.807, 2.05) is 19.1 Å². The second kappa shape index (κ2) is 5.61. The third-order valence-electron chi connectivity index (χ3n) is 2.99. The monoisotopic (exact) mass is 228 g/mol. The standard InChI is InChI=1S/C12H24O2Si/c1-7-8-11(9-10-13)14-15(5,6)12(2,3)4/h7-8,10-11H,9H2,1-6H3/b8-7+/t11-/m0/s1. The van der Waals surface area contributed by atoms with Gasteiger partial charge in [0.15, 0.2) is 8.32 Å². The molecule has 0 aromatic carbocycles. The molecule has 0 heterocycles. The van der Waals surface area contributed by atoms with E-state index >= 15 is 0 Å². The summed E-state index contributed by atoms with van der Waals surface area (Å²) in [5.41, 5.74) is 0. The third-order valence-corrected chi connectivity index (χ3v) is 7.49. The van der Waals surface area contributed by atoms with Gasteiger partial charge in [-0.1, -0.05) is 32.9 Å². The Morgan fingerprint density at radius 3 is 2.20 bits per heavy atom. The van der Waals surface area contributed by atoms with Crippen LogP contribution in [0.4, 0.5) is 0 Å². The zero-order chi connectivity index (χ0) is 12.1. The van der Waals surface area contributed by atoms with Crippen LogP contribution in [0, 0.1) is 0 Å². The van der Waals surface area contributed by atoms with E-state index in [0.29, 0.717) is 6.42 Å². The van der Waals surface area contributed by atoms with E-state index < -0.39 is 8.32 Å². The second-order valence-corrected chi connectivity index (χ2v) is 10.1. The van der Waals surface area contributed by atoms with Crippen LogP contribution in [0.25, 0.3) is 0 Å². The maximum absolute atomic E-state index is 10.5. The Morgan fingerprint density at radius 2 is 1.87 bits per heavy atom. The van der Waals surface area contributed by atoms with E-state index in [2.05, 4.69) is 33.9 Å². The lowest BCUT2D eigenvalue weighted by Gasteiger charge is -2.38. The molecule has 2 nitrogen and oxygen atoms in total. The first-order valence-electron chi connectivity index (χ1n) is 5.49. The number of hydrogen-bond acceptors (Lipinski definition) is 2. The topological polar surface area (TPSA) is 26.3 Å². The van der Waals surface area contributed by atoms with Crippen LogP contribution in [-0.4, -0.2) is 20.7 Å². The van der Waals surface area contributed by atoms with Crippen LogP contribution in [0.2, 0.25) is 18.1 Å². The molecular formula is C12H24O2Si. The van der Waals surface area contributed by atoms with Crippen molar-refractivity contribution in [2.75, 3.05) is 0 Å². The van der Waals surface area contributed by atoms with Gasteiger partial charge in [0.05, 0.1) is 6.10 Å². The van der Waals surface area contributed by atoms with Crippen molar-refractivity contribution in [3.8, 4) is 0 Å². The quantitative estimate of drug-likeness (QED) is 0.409. The SMILES string of the molecule is C/C=C/[C@@H](CC=O)O[Si](C)(C)C(C)(C)C. The molecule has 88 valence electrons. The molecule has 0 bridgehead atoms. The van der Waals surface area contributed by atoms with Crippen molar-refractivity contribution < 1.29 is 9.22 Å². The Balaban J connectivity index is 4.58. The maximum Gasteiger partial charge on any atom is 0.192 e. The van der Waals surface area contributed by atoms with Crippen LogP contribution in [0.3, 0.4) is 0 Å². The molecule has 0 aromatic rings. The molecule has 0 saturated carbocycles. The highest BCUT2D eigenvalue weighted by molar-refractivity contribution is 6.74. The predicted octanol–water partition coefficient (Wildman–Crippen LogP) is 3.54. The summed E-state index contributed by atoms with van der Waals surface area (Å²) < 4.78 is 6.10. The highest BCUT2D eigenvalue weighted by atomic mass is 28.4. The van der Waals surface area contributed by atoms with E-state index in [0.717, 1.165) is 6.29 Å². The fraction of sp³-hybridized carbons (Fsp3) is 0.750. The van der Waals surface area contributed by atoms with Gasteiger partial charge >= 0.3 is 0 Å². The number of rotatable bonds is 5. The molecule has 0 aromatic heterocycles. The van der Waals surface area contributed by atoms with Gasteiger partial charge in [-0.3, -0.25) is 0 Å². The van der Waals surface area contributed by atoms with Crippen molar-refractivity contribution >= 4 is 14.6 Å². The van der Waals surface area contributed by atoms with Crippen molar-refractivity contribution in [2.24, 2.45) is 0 Å². The molecule has 0 fully saturated rings. The van der Waals surface area contributed by atoms with Gasteiger partial charge in [0.2, 0.25) is 0 Å². The average Bonchev–Trinajstić information content (AvgIpc) is 2.02. The van der Waals surface area contributed by atoms with Crippen molar-refractivity contribution in [2.45, 2.75) is 58.4 Å². The molecule has 0 aliphatic rings. The highest BCUT2D eigenvalue weighted by Crippen LogP contribution is 2.37. The zero-order valence-corrected chi connectivity index (χ0v) is 11.8. The predicted molar refractivity (Wildman–Crippen MR) is 67.6 cm³/mol. The summed E-state index contributed by atoms with van der Waals surface area (Å²) in [7, 11) is -1.75. The van der Waals surface area contributed by atoms with Crippen molar-refractivity contribution in [3.63, 3.8) is 0 Å². The van der Waals surface area contributed by atoms with E-state index in [9.17, 15) is 4.79 Å². The lowest BCUT2D eigenvalue weighted by atomic mass is 10.2. The molecule has 0 aliphatic heterocycles. The lowest BCUT2D eigenvalue weighted by Crippen LogP contribution is -2.43. The first kappa shape index (κ1) is 14.6. The average molecular weight is 228 g/mol. The molecule has 0 amide bonds. The molecule has 3 heteroatoms. The number of hydrogen-bond donors (Lipinski definition) is 0. The normalized spacial score (nSPS) is 15.6. The van der Waals surface area contributed by atoms with Gasteiger partial charge in [-0.25, -0.2) is 0 Å². The summed E-state index contributed by atoms with van der Waals surface area (Å²) >= 11 is 0. The highest BCUT2D eigenvalue weighted by Gasteiger charge is 2.38. The van der Waals surface area contributed by atoms with E-state index in [-0.39, 0.29) is 11.1 Å². The Hall–Kier alpha value is -0.413. The number of allylic oxidation sites excluding steroid dienone is 1. The summed E-state index contributed by atoms with van der Waals surface area (Å²) in [4.78, 5) is 10.5. The Kier molecular flexibility index (Phi) is 5.46. The van der Waals surface area contributed by atoms with Crippen LogP contribution >= 0.6 is 0 Å². The van der Waals surface area contributed by atoms with Crippen LogP contribution in [0.15, 0.2) is 12.2 Å². The molecule has 0 radical (unpaired) electrons. The summed E-state index contributed by atoms with van der Waals surface area (Å²) in [6, 6.07) is 0. The third kappa shape index (κ3) is 4.75. The second-order valence-electron chi connectivity index (χ2n) is 5.34. The molecule has 0 rings (SSSR count). The fourth-order valence-electron chi connectivity index (χ4n) is 1.03. The molecular weight excluding hydrogens is 204 g/mol. The first-order chi connectivity index (χ1) is 6.74. The van der Waals surface area contributed by atoms with Gasteiger partial charge in [0.1, 0.15) is 6.29 Å². The van der Waals surface area contributed by atoms with Gasteiger partial charge in [-0.2, -0.15) is 0 Å².